The standard InChI is InChI=1S/C12H10BrClN2O2S/c13-7-1-3-10(9(14)5-7)18-6-8-2-4-11(19-8)12(17)16-15/h1-5H,6,15H2,(H,16,17). The number of rotatable bonds is 4. The summed E-state index contributed by atoms with van der Waals surface area (Å²) in [6.07, 6.45) is 0. The lowest BCUT2D eigenvalue weighted by Crippen LogP contribution is -2.29. The number of hydrogen-bond acceptors (Lipinski definition) is 4. The van der Waals surface area contributed by atoms with Gasteiger partial charge in [0.2, 0.25) is 0 Å². The predicted octanol–water partition coefficient (Wildman–Crippen LogP) is 3.35. The fraction of sp³-hybridized carbons (Fsp3) is 0.0833. The Hall–Kier alpha value is -1.08. The molecule has 1 heterocycles. The van der Waals surface area contributed by atoms with Crippen LogP contribution in [-0.2, 0) is 6.61 Å². The Labute approximate surface area is 127 Å². The van der Waals surface area contributed by atoms with Gasteiger partial charge in [-0.15, -0.1) is 11.3 Å². The van der Waals surface area contributed by atoms with E-state index in [1.165, 1.54) is 11.3 Å². The smallest absolute Gasteiger partial charge is 0.275 e. The van der Waals surface area contributed by atoms with Gasteiger partial charge in [0.25, 0.3) is 5.91 Å². The molecule has 3 N–H and O–H groups in total. The third-order valence-electron chi connectivity index (χ3n) is 2.28. The normalized spacial score (nSPS) is 10.3. The fourth-order valence-electron chi connectivity index (χ4n) is 1.39. The van der Waals surface area contributed by atoms with Crippen LogP contribution in [0.2, 0.25) is 5.02 Å². The van der Waals surface area contributed by atoms with Crippen LogP contribution in [0.1, 0.15) is 14.5 Å². The molecule has 0 aliphatic heterocycles. The van der Waals surface area contributed by atoms with Gasteiger partial charge in [-0.25, -0.2) is 5.84 Å². The summed E-state index contributed by atoms with van der Waals surface area (Å²) in [6, 6.07) is 8.92. The average Bonchev–Trinajstić information content (AvgIpc) is 2.85. The van der Waals surface area contributed by atoms with Crippen molar-refractivity contribution in [2.24, 2.45) is 5.84 Å². The Balaban J connectivity index is 2.02. The maximum Gasteiger partial charge on any atom is 0.275 e. The quantitative estimate of drug-likeness (QED) is 0.499. The summed E-state index contributed by atoms with van der Waals surface area (Å²) in [7, 11) is 0. The van der Waals surface area contributed by atoms with E-state index in [1.807, 2.05) is 12.1 Å². The molecule has 1 aromatic carbocycles. The Morgan fingerprint density at radius 2 is 2.21 bits per heavy atom. The minimum atomic E-state index is -0.307. The summed E-state index contributed by atoms with van der Waals surface area (Å²) in [5.41, 5.74) is 2.09. The van der Waals surface area contributed by atoms with E-state index in [0.717, 1.165) is 9.35 Å². The van der Waals surface area contributed by atoms with Gasteiger partial charge in [-0.2, -0.15) is 0 Å². The van der Waals surface area contributed by atoms with Gasteiger partial charge in [-0.3, -0.25) is 10.2 Å². The van der Waals surface area contributed by atoms with Gasteiger partial charge in [0.15, 0.2) is 0 Å². The number of halogens is 2. The van der Waals surface area contributed by atoms with Crippen molar-refractivity contribution >= 4 is 44.8 Å². The van der Waals surface area contributed by atoms with E-state index in [4.69, 9.17) is 22.2 Å². The molecular weight excluding hydrogens is 352 g/mol. The van der Waals surface area contributed by atoms with Gasteiger partial charge in [0.1, 0.15) is 12.4 Å². The number of hydrazine groups is 1. The zero-order valence-corrected chi connectivity index (χ0v) is 12.8. The van der Waals surface area contributed by atoms with Crippen LogP contribution in [-0.4, -0.2) is 5.91 Å². The van der Waals surface area contributed by atoms with E-state index in [1.54, 1.807) is 18.2 Å². The van der Waals surface area contributed by atoms with Crippen molar-refractivity contribution < 1.29 is 9.53 Å². The third-order valence-corrected chi connectivity index (χ3v) is 4.13. The zero-order valence-electron chi connectivity index (χ0n) is 9.65. The van der Waals surface area contributed by atoms with Gasteiger partial charge >= 0.3 is 0 Å². The molecule has 0 unspecified atom stereocenters. The molecule has 0 atom stereocenters. The van der Waals surface area contributed by atoms with E-state index in [2.05, 4.69) is 21.4 Å². The number of nitrogens with one attached hydrogen (secondary N) is 1. The minimum Gasteiger partial charge on any atom is -0.487 e. The zero-order chi connectivity index (χ0) is 13.8. The van der Waals surface area contributed by atoms with E-state index < -0.39 is 0 Å². The molecule has 4 nitrogen and oxygen atoms in total. The molecule has 0 aliphatic carbocycles. The van der Waals surface area contributed by atoms with Crippen molar-refractivity contribution in [3.05, 3.63) is 49.6 Å². The molecule has 7 heteroatoms. The van der Waals surface area contributed by atoms with Crippen molar-refractivity contribution in [1.82, 2.24) is 5.43 Å². The van der Waals surface area contributed by atoms with Crippen LogP contribution < -0.4 is 16.0 Å². The van der Waals surface area contributed by atoms with Crippen LogP contribution in [0.4, 0.5) is 0 Å². The monoisotopic (exact) mass is 360 g/mol. The number of carbonyl (C=O) groups excluding carboxylic acids is 1. The van der Waals surface area contributed by atoms with E-state index in [-0.39, 0.29) is 5.91 Å². The average molecular weight is 362 g/mol. The lowest BCUT2D eigenvalue weighted by Gasteiger charge is -2.06. The van der Waals surface area contributed by atoms with Gasteiger partial charge in [-0.1, -0.05) is 27.5 Å². The Bertz CT molecular complexity index is 603. The largest absolute Gasteiger partial charge is 0.487 e. The highest BCUT2D eigenvalue weighted by Gasteiger charge is 2.08. The van der Waals surface area contributed by atoms with Crippen LogP contribution in [0.3, 0.4) is 0 Å². The van der Waals surface area contributed by atoms with Crippen LogP contribution in [0.5, 0.6) is 5.75 Å². The molecule has 1 aromatic heterocycles. The molecule has 0 aliphatic rings. The lowest BCUT2D eigenvalue weighted by molar-refractivity contribution is 0.0957. The number of nitrogens with two attached hydrogens (primary N) is 1. The van der Waals surface area contributed by atoms with E-state index in [0.29, 0.717) is 22.3 Å². The first kappa shape index (κ1) is 14.3. The first-order chi connectivity index (χ1) is 9.10. The number of benzene rings is 1. The highest BCUT2D eigenvalue weighted by molar-refractivity contribution is 9.10. The number of amides is 1. The topological polar surface area (TPSA) is 64.3 Å². The van der Waals surface area contributed by atoms with Crippen LogP contribution in [0, 0.1) is 0 Å². The van der Waals surface area contributed by atoms with Crippen molar-refractivity contribution in [1.29, 1.82) is 0 Å². The van der Waals surface area contributed by atoms with Crippen molar-refractivity contribution in [2.45, 2.75) is 6.61 Å². The summed E-state index contributed by atoms with van der Waals surface area (Å²) >= 11 is 10.7. The molecule has 0 spiro atoms. The summed E-state index contributed by atoms with van der Waals surface area (Å²) in [6.45, 7) is 0.351. The molecule has 0 bridgehead atoms. The van der Waals surface area contributed by atoms with Gasteiger partial charge < -0.3 is 4.74 Å². The first-order valence-electron chi connectivity index (χ1n) is 5.27. The van der Waals surface area contributed by atoms with Crippen molar-refractivity contribution in [3.8, 4) is 5.75 Å². The predicted molar refractivity (Wildman–Crippen MR) is 79.5 cm³/mol. The molecule has 0 saturated heterocycles. The van der Waals surface area contributed by atoms with Gasteiger partial charge in [-0.05, 0) is 30.3 Å². The second-order valence-electron chi connectivity index (χ2n) is 3.60. The molecule has 1 amide bonds. The molecule has 2 rings (SSSR count). The third kappa shape index (κ3) is 3.70. The first-order valence-corrected chi connectivity index (χ1v) is 7.26. The Morgan fingerprint density at radius 3 is 2.89 bits per heavy atom. The summed E-state index contributed by atoms with van der Waals surface area (Å²) in [5.74, 6) is 5.36. The molecule has 0 fully saturated rings. The summed E-state index contributed by atoms with van der Waals surface area (Å²) < 4.78 is 6.49. The van der Waals surface area contributed by atoms with Crippen molar-refractivity contribution in [3.63, 3.8) is 0 Å². The van der Waals surface area contributed by atoms with E-state index >= 15 is 0 Å². The molecular formula is C12H10BrClN2O2S. The van der Waals surface area contributed by atoms with Crippen molar-refractivity contribution in [2.75, 3.05) is 0 Å². The minimum absolute atomic E-state index is 0.307. The second-order valence-corrected chi connectivity index (χ2v) is 6.09. The molecule has 0 radical (unpaired) electrons. The number of ether oxygens (including phenoxy) is 1. The Kier molecular flexibility index (Phi) is 4.81. The number of carbonyl (C=O) groups is 1. The number of hydrogen-bond donors (Lipinski definition) is 2. The molecule has 0 saturated carbocycles. The SMILES string of the molecule is NNC(=O)c1ccc(COc2ccc(Br)cc2Cl)s1. The Morgan fingerprint density at radius 1 is 1.42 bits per heavy atom. The van der Waals surface area contributed by atoms with Crippen LogP contribution >= 0.6 is 38.9 Å². The fourth-order valence-corrected chi connectivity index (χ4v) is 2.94. The maximum atomic E-state index is 11.3. The molecule has 2 aromatic rings. The second kappa shape index (κ2) is 6.38. The lowest BCUT2D eigenvalue weighted by atomic mass is 10.3. The highest BCUT2D eigenvalue weighted by atomic mass is 79.9. The van der Waals surface area contributed by atoms with Gasteiger partial charge in [0.05, 0.1) is 9.90 Å². The summed E-state index contributed by atoms with van der Waals surface area (Å²) in [4.78, 5) is 12.8. The van der Waals surface area contributed by atoms with Gasteiger partial charge in [0, 0.05) is 9.35 Å². The number of thiophene rings is 1. The molecule has 100 valence electrons. The summed E-state index contributed by atoms with van der Waals surface area (Å²) in [5, 5.41) is 0.533. The number of nitrogen functional groups attached to an aromatic ring is 1. The molecule has 19 heavy (non-hydrogen) atoms. The highest BCUT2D eigenvalue weighted by Crippen LogP contribution is 2.29. The van der Waals surface area contributed by atoms with Crippen LogP contribution in [0.15, 0.2) is 34.8 Å². The van der Waals surface area contributed by atoms with E-state index in [9.17, 15) is 4.79 Å². The maximum absolute atomic E-state index is 11.3. The van der Waals surface area contributed by atoms with Crippen LogP contribution in [0.25, 0.3) is 0 Å².